The molecule has 1 atom stereocenters. The van der Waals surface area contributed by atoms with Crippen LogP contribution in [0.15, 0.2) is 34.8 Å². The van der Waals surface area contributed by atoms with Gasteiger partial charge in [0.25, 0.3) is 0 Å². The van der Waals surface area contributed by atoms with Gasteiger partial charge >= 0.3 is 0 Å². The summed E-state index contributed by atoms with van der Waals surface area (Å²) in [6.45, 7) is 0. The summed E-state index contributed by atoms with van der Waals surface area (Å²) in [6, 6.07) is 7.35. The number of ether oxygens (including phenoxy) is 2. The van der Waals surface area contributed by atoms with Gasteiger partial charge in [0.05, 0.1) is 19.0 Å². The summed E-state index contributed by atoms with van der Waals surface area (Å²) in [6.07, 6.45) is 0. The first-order valence-electron chi connectivity index (χ1n) is 5.98. The number of halogens is 4. The van der Waals surface area contributed by atoms with Gasteiger partial charge in [-0.05, 0) is 35.4 Å². The number of hydrogen-bond donors (Lipinski definition) is 0. The maximum absolute atomic E-state index is 13.4. The Balaban J connectivity index is 2.47. The molecule has 0 radical (unpaired) electrons. The van der Waals surface area contributed by atoms with E-state index in [4.69, 9.17) is 9.47 Å². The lowest BCUT2D eigenvalue weighted by Gasteiger charge is -2.16. The quantitative estimate of drug-likeness (QED) is 0.629. The molecule has 2 aromatic carbocycles. The maximum Gasteiger partial charge on any atom is 0.161 e. The average molecular weight is 422 g/mol. The predicted molar refractivity (Wildman–Crippen MR) is 84.4 cm³/mol. The summed E-state index contributed by atoms with van der Waals surface area (Å²) >= 11 is 6.95. The highest BCUT2D eigenvalue weighted by atomic mass is 79.9. The first-order chi connectivity index (χ1) is 9.97. The maximum atomic E-state index is 13.4. The largest absolute Gasteiger partial charge is 0.493 e. The minimum atomic E-state index is -0.881. The number of alkyl halides is 1. The Morgan fingerprint density at radius 3 is 2.14 bits per heavy atom. The highest BCUT2D eigenvalue weighted by Crippen LogP contribution is 2.41. The molecule has 6 heteroatoms. The number of rotatable bonds is 4. The van der Waals surface area contributed by atoms with Gasteiger partial charge in [-0.15, -0.1) is 0 Å². The van der Waals surface area contributed by atoms with Crippen LogP contribution in [0.1, 0.15) is 16.0 Å². The Morgan fingerprint density at radius 2 is 1.57 bits per heavy atom. The molecule has 0 heterocycles. The van der Waals surface area contributed by atoms with Gasteiger partial charge in [0, 0.05) is 4.47 Å². The highest BCUT2D eigenvalue weighted by molar-refractivity contribution is 9.11. The van der Waals surface area contributed by atoms with Crippen molar-refractivity contribution in [3.05, 3.63) is 57.6 Å². The molecular weight excluding hydrogens is 410 g/mol. The van der Waals surface area contributed by atoms with Crippen LogP contribution in [0.25, 0.3) is 0 Å². The number of methoxy groups -OCH3 is 2. The van der Waals surface area contributed by atoms with Crippen LogP contribution in [0.5, 0.6) is 11.5 Å². The Morgan fingerprint density at radius 1 is 0.952 bits per heavy atom. The summed E-state index contributed by atoms with van der Waals surface area (Å²) in [5.41, 5.74) is 1.42. The van der Waals surface area contributed by atoms with Crippen LogP contribution >= 0.6 is 31.9 Å². The van der Waals surface area contributed by atoms with E-state index < -0.39 is 11.6 Å². The lowest BCUT2D eigenvalue weighted by atomic mass is 10.0. The zero-order valence-corrected chi connectivity index (χ0v) is 14.5. The monoisotopic (exact) mass is 420 g/mol. The third-order valence-corrected chi connectivity index (χ3v) is 4.72. The molecule has 0 amide bonds. The zero-order chi connectivity index (χ0) is 15.6. The topological polar surface area (TPSA) is 18.5 Å². The average Bonchev–Trinajstić information content (AvgIpc) is 2.49. The highest BCUT2D eigenvalue weighted by Gasteiger charge is 2.18. The Kier molecular flexibility index (Phi) is 5.22. The van der Waals surface area contributed by atoms with E-state index in [0.29, 0.717) is 17.1 Å². The number of hydrogen-bond acceptors (Lipinski definition) is 2. The predicted octanol–water partition coefficient (Wildman–Crippen LogP) is 5.23. The van der Waals surface area contributed by atoms with Crippen molar-refractivity contribution in [2.45, 2.75) is 4.83 Å². The van der Waals surface area contributed by atoms with E-state index >= 15 is 0 Å². The van der Waals surface area contributed by atoms with E-state index in [0.717, 1.165) is 22.2 Å². The summed E-state index contributed by atoms with van der Waals surface area (Å²) in [7, 11) is 3.08. The SMILES string of the molecule is COc1cc(Br)c(C(Br)c2ccc(F)c(F)c2)cc1OC. The molecule has 0 saturated carbocycles. The van der Waals surface area contributed by atoms with Gasteiger partial charge in [0.1, 0.15) is 0 Å². The summed E-state index contributed by atoms with van der Waals surface area (Å²) in [5, 5.41) is 0. The molecule has 1 unspecified atom stereocenters. The van der Waals surface area contributed by atoms with E-state index in [1.54, 1.807) is 19.2 Å². The summed E-state index contributed by atoms with van der Waals surface area (Å²) in [4.78, 5) is -0.318. The van der Waals surface area contributed by atoms with Crippen molar-refractivity contribution in [3.63, 3.8) is 0 Å². The van der Waals surface area contributed by atoms with Gasteiger partial charge in [-0.2, -0.15) is 0 Å². The van der Waals surface area contributed by atoms with Crippen molar-refractivity contribution >= 4 is 31.9 Å². The van der Waals surface area contributed by atoms with Crippen molar-refractivity contribution in [1.29, 1.82) is 0 Å². The van der Waals surface area contributed by atoms with E-state index in [-0.39, 0.29) is 4.83 Å². The van der Waals surface area contributed by atoms with Gasteiger partial charge in [0.2, 0.25) is 0 Å². The van der Waals surface area contributed by atoms with Gasteiger partial charge in [-0.25, -0.2) is 8.78 Å². The molecule has 21 heavy (non-hydrogen) atoms. The van der Waals surface area contributed by atoms with E-state index in [9.17, 15) is 8.78 Å². The molecule has 0 saturated heterocycles. The fourth-order valence-electron chi connectivity index (χ4n) is 1.91. The molecule has 2 aromatic rings. The second kappa shape index (κ2) is 6.75. The van der Waals surface area contributed by atoms with E-state index in [1.807, 2.05) is 0 Å². The van der Waals surface area contributed by atoms with Crippen LogP contribution < -0.4 is 9.47 Å². The first kappa shape index (κ1) is 16.2. The van der Waals surface area contributed by atoms with Crippen LogP contribution in [0.4, 0.5) is 8.78 Å². The molecule has 0 N–H and O–H groups in total. The van der Waals surface area contributed by atoms with Crippen LogP contribution in [0.2, 0.25) is 0 Å². The van der Waals surface area contributed by atoms with Crippen LogP contribution in [-0.4, -0.2) is 14.2 Å². The molecule has 0 aliphatic rings. The van der Waals surface area contributed by atoms with Crippen molar-refractivity contribution in [3.8, 4) is 11.5 Å². The molecule has 2 rings (SSSR count). The number of benzene rings is 2. The van der Waals surface area contributed by atoms with E-state index in [1.165, 1.54) is 13.2 Å². The lowest BCUT2D eigenvalue weighted by molar-refractivity contribution is 0.354. The standard InChI is InChI=1S/C15H12Br2F2O2/c1-20-13-6-9(10(16)7-14(13)21-2)15(17)8-3-4-11(18)12(19)5-8/h3-7,15H,1-2H3. The summed E-state index contributed by atoms with van der Waals surface area (Å²) < 4.78 is 37.6. The smallest absolute Gasteiger partial charge is 0.161 e. The van der Waals surface area contributed by atoms with Gasteiger partial charge in [0.15, 0.2) is 23.1 Å². The normalized spacial score (nSPS) is 12.1. The van der Waals surface area contributed by atoms with Crippen molar-refractivity contribution in [1.82, 2.24) is 0 Å². The fourth-order valence-corrected chi connectivity index (χ4v) is 3.44. The van der Waals surface area contributed by atoms with E-state index in [2.05, 4.69) is 31.9 Å². The van der Waals surface area contributed by atoms with Crippen LogP contribution in [0, 0.1) is 11.6 Å². The second-order valence-electron chi connectivity index (χ2n) is 4.26. The minimum absolute atomic E-state index is 0.318. The molecule has 0 aliphatic carbocycles. The third-order valence-electron chi connectivity index (χ3n) is 3.01. The Bertz CT molecular complexity index is 662. The van der Waals surface area contributed by atoms with Gasteiger partial charge in [-0.1, -0.05) is 37.9 Å². The fraction of sp³-hybridized carbons (Fsp3) is 0.200. The van der Waals surface area contributed by atoms with Gasteiger partial charge in [-0.3, -0.25) is 0 Å². The molecule has 0 fully saturated rings. The zero-order valence-electron chi connectivity index (χ0n) is 11.3. The van der Waals surface area contributed by atoms with Crippen LogP contribution in [0.3, 0.4) is 0 Å². The Hall–Kier alpha value is -1.14. The summed E-state index contributed by atoms with van der Waals surface area (Å²) in [5.74, 6) is -0.612. The molecule has 112 valence electrons. The molecular formula is C15H12Br2F2O2. The van der Waals surface area contributed by atoms with Gasteiger partial charge < -0.3 is 9.47 Å². The van der Waals surface area contributed by atoms with Crippen LogP contribution in [-0.2, 0) is 0 Å². The third kappa shape index (κ3) is 3.37. The molecule has 0 aromatic heterocycles. The minimum Gasteiger partial charge on any atom is -0.493 e. The van der Waals surface area contributed by atoms with Crippen molar-refractivity contribution < 1.29 is 18.3 Å². The molecule has 0 bridgehead atoms. The van der Waals surface area contributed by atoms with Crippen molar-refractivity contribution in [2.75, 3.05) is 14.2 Å². The molecule has 2 nitrogen and oxygen atoms in total. The molecule has 0 aliphatic heterocycles. The lowest BCUT2D eigenvalue weighted by Crippen LogP contribution is -1.99. The first-order valence-corrected chi connectivity index (χ1v) is 7.69. The van der Waals surface area contributed by atoms with Crippen molar-refractivity contribution in [2.24, 2.45) is 0 Å². The Labute approximate surface area is 138 Å². The molecule has 0 spiro atoms. The second-order valence-corrected chi connectivity index (χ2v) is 6.03.